The Morgan fingerprint density at radius 2 is 1.80 bits per heavy atom. The fraction of sp³-hybridized carbons (Fsp3) is 0.367. The number of pyridine rings is 1. The summed E-state index contributed by atoms with van der Waals surface area (Å²) in [6.07, 6.45) is -1.85. The van der Waals surface area contributed by atoms with Crippen LogP contribution in [-0.2, 0) is 25.7 Å². The third kappa shape index (κ3) is 5.91. The predicted octanol–water partition coefficient (Wildman–Crippen LogP) is 4.85. The Bertz CT molecular complexity index is 1590. The zero-order chi connectivity index (χ0) is 28.7. The number of benzene rings is 2. The highest BCUT2D eigenvalue weighted by atomic mass is 19.4. The lowest BCUT2D eigenvalue weighted by Gasteiger charge is -2.32. The average molecular weight is 564 g/mol. The first-order chi connectivity index (χ1) is 19.6. The van der Waals surface area contributed by atoms with Gasteiger partial charge in [0.15, 0.2) is 5.65 Å². The molecule has 0 bridgehead atoms. The third-order valence-electron chi connectivity index (χ3n) is 7.96. The van der Waals surface area contributed by atoms with E-state index in [1.165, 1.54) is 6.07 Å². The van der Waals surface area contributed by atoms with Crippen molar-refractivity contribution in [1.82, 2.24) is 25.0 Å². The number of aromatic nitrogens is 3. The van der Waals surface area contributed by atoms with Gasteiger partial charge in [-0.15, -0.1) is 0 Å². The topological polar surface area (TPSA) is 80.4 Å². The number of fused-ring (bicyclic) bond motifs is 2. The van der Waals surface area contributed by atoms with Crippen molar-refractivity contribution in [2.75, 3.05) is 50.0 Å². The van der Waals surface area contributed by atoms with Crippen molar-refractivity contribution in [2.45, 2.75) is 32.6 Å². The van der Waals surface area contributed by atoms with Gasteiger partial charge in [0.05, 0.1) is 11.3 Å². The maximum atomic E-state index is 13.8. The number of carbonyl (C=O) groups is 1. The van der Waals surface area contributed by atoms with Gasteiger partial charge in [-0.1, -0.05) is 6.07 Å². The fourth-order valence-corrected chi connectivity index (χ4v) is 5.61. The van der Waals surface area contributed by atoms with Gasteiger partial charge in [-0.2, -0.15) is 18.3 Å². The van der Waals surface area contributed by atoms with Crippen molar-refractivity contribution in [1.29, 1.82) is 0 Å². The first-order valence-electron chi connectivity index (χ1n) is 13.7. The number of alkyl halides is 3. The SMILES string of the molecule is Cc1n[nH]c2ncc(CN3CCc4ccc(C(=O)Nc5cc(CN6CCN(C)CC6)cc(C(F)(F)F)c5)cc43)cc12. The summed E-state index contributed by atoms with van der Waals surface area (Å²) in [7, 11) is 2.03. The molecule has 8 nitrogen and oxygen atoms in total. The number of nitrogens with zero attached hydrogens (tertiary/aromatic N) is 5. The Morgan fingerprint density at radius 1 is 1.00 bits per heavy atom. The number of amides is 1. The zero-order valence-corrected chi connectivity index (χ0v) is 23.1. The number of halogens is 3. The molecule has 4 heterocycles. The van der Waals surface area contributed by atoms with Crippen molar-refractivity contribution in [3.05, 3.63) is 82.2 Å². The van der Waals surface area contributed by atoms with Gasteiger partial charge in [0.25, 0.3) is 5.91 Å². The van der Waals surface area contributed by atoms with E-state index < -0.39 is 17.6 Å². The molecule has 4 aromatic rings. The van der Waals surface area contributed by atoms with Crippen molar-refractivity contribution >= 4 is 28.3 Å². The minimum Gasteiger partial charge on any atom is -0.367 e. The Morgan fingerprint density at radius 3 is 2.59 bits per heavy atom. The number of aromatic amines is 1. The van der Waals surface area contributed by atoms with E-state index in [0.717, 1.165) is 78.8 Å². The highest BCUT2D eigenvalue weighted by molar-refractivity contribution is 6.05. The molecule has 1 fully saturated rings. The fourth-order valence-electron chi connectivity index (χ4n) is 5.61. The number of likely N-dealkylation sites (N-methyl/N-ethyl adjacent to an activating group) is 1. The van der Waals surface area contributed by atoms with Crippen molar-refractivity contribution in [3.8, 4) is 0 Å². The summed E-state index contributed by atoms with van der Waals surface area (Å²) < 4.78 is 41.3. The normalized spacial score (nSPS) is 16.4. The molecule has 0 atom stereocenters. The number of anilines is 2. The molecule has 214 valence electrons. The lowest BCUT2D eigenvalue weighted by molar-refractivity contribution is -0.137. The number of H-pyrrole nitrogens is 1. The van der Waals surface area contributed by atoms with Crippen LogP contribution < -0.4 is 10.2 Å². The molecular weight excluding hydrogens is 531 g/mol. The van der Waals surface area contributed by atoms with Gasteiger partial charge in [0.2, 0.25) is 0 Å². The first kappa shape index (κ1) is 27.2. The van der Waals surface area contributed by atoms with Crippen LogP contribution in [-0.4, -0.2) is 70.7 Å². The van der Waals surface area contributed by atoms with E-state index in [4.69, 9.17) is 0 Å². The average Bonchev–Trinajstić information content (AvgIpc) is 3.52. The summed E-state index contributed by atoms with van der Waals surface area (Å²) in [5, 5.41) is 10.8. The van der Waals surface area contributed by atoms with Crippen molar-refractivity contribution in [2.24, 2.45) is 0 Å². The van der Waals surface area contributed by atoms with E-state index in [2.05, 4.69) is 41.3 Å². The van der Waals surface area contributed by atoms with Gasteiger partial charge in [0.1, 0.15) is 0 Å². The second-order valence-corrected chi connectivity index (χ2v) is 11.0. The molecule has 1 amide bonds. The molecule has 0 radical (unpaired) electrons. The smallest absolute Gasteiger partial charge is 0.367 e. The lowest BCUT2D eigenvalue weighted by Crippen LogP contribution is -2.43. The van der Waals surface area contributed by atoms with Gasteiger partial charge in [-0.3, -0.25) is 14.8 Å². The molecule has 2 aliphatic heterocycles. The van der Waals surface area contributed by atoms with E-state index in [0.29, 0.717) is 24.2 Å². The monoisotopic (exact) mass is 563 g/mol. The highest BCUT2D eigenvalue weighted by Gasteiger charge is 2.32. The Balaban J connectivity index is 1.20. The molecule has 11 heteroatoms. The third-order valence-corrected chi connectivity index (χ3v) is 7.96. The van der Waals surface area contributed by atoms with Crippen LogP contribution in [0, 0.1) is 6.92 Å². The number of piperazine rings is 1. The predicted molar refractivity (Wildman–Crippen MR) is 152 cm³/mol. The van der Waals surface area contributed by atoms with Gasteiger partial charge >= 0.3 is 6.18 Å². The largest absolute Gasteiger partial charge is 0.416 e. The maximum Gasteiger partial charge on any atom is 0.416 e. The molecular formula is C30H32F3N7O. The summed E-state index contributed by atoms with van der Waals surface area (Å²) in [5.41, 5.74) is 5.03. The number of carbonyl (C=O) groups excluding carboxylic acids is 1. The standard InChI is InChI=1S/C30H32F3N7O/c1-19-26-13-21(16-34-28(26)37-36-19)18-40-6-5-22-3-4-23(14-27(22)40)29(41)35-25-12-20(11-24(15-25)30(31,32)33)17-39-9-7-38(2)8-10-39/h3-4,11-16H,5-10,17-18H2,1-2H3,(H,35,41)(H,34,36,37). The van der Waals surface area contributed by atoms with Gasteiger partial charge < -0.3 is 15.1 Å². The molecule has 0 spiro atoms. The Hall–Kier alpha value is -3.96. The quantitative estimate of drug-likeness (QED) is 0.349. The van der Waals surface area contributed by atoms with Crippen LogP contribution in [0.3, 0.4) is 0 Å². The van der Waals surface area contributed by atoms with Crippen LogP contribution >= 0.6 is 0 Å². The van der Waals surface area contributed by atoms with E-state index in [1.807, 2.05) is 32.3 Å². The van der Waals surface area contributed by atoms with Gasteiger partial charge in [-0.25, -0.2) is 4.98 Å². The minimum absolute atomic E-state index is 0.140. The minimum atomic E-state index is -4.52. The molecule has 2 aromatic carbocycles. The number of hydrogen-bond acceptors (Lipinski definition) is 6. The summed E-state index contributed by atoms with van der Waals surface area (Å²) in [6.45, 7) is 7.05. The lowest BCUT2D eigenvalue weighted by atomic mass is 10.1. The van der Waals surface area contributed by atoms with E-state index in [1.54, 1.807) is 12.1 Å². The van der Waals surface area contributed by atoms with E-state index >= 15 is 0 Å². The second kappa shape index (κ2) is 10.8. The number of rotatable bonds is 6. The van der Waals surface area contributed by atoms with Gasteiger partial charge in [0, 0.05) is 74.3 Å². The van der Waals surface area contributed by atoms with Crippen LogP contribution in [0.1, 0.15) is 38.3 Å². The number of nitrogens with one attached hydrogen (secondary N) is 2. The molecule has 2 aliphatic rings. The summed E-state index contributed by atoms with van der Waals surface area (Å²) in [4.78, 5) is 24.3. The second-order valence-electron chi connectivity index (χ2n) is 11.0. The number of hydrogen-bond donors (Lipinski definition) is 2. The summed E-state index contributed by atoms with van der Waals surface area (Å²) >= 11 is 0. The van der Waals surface area contributed by atoms with Crippen LogP contribution in [0.5, 0.6) is 0 Å². The molecule has 2 aromatic heterocycles. The maximum absolute atomic E-state index is 13.8. The molecule has 1 saturated heterocycles. The highest BCUT2D eigenvalue weighted by Crippen LogP contribution is 2.34. The summed E-state index contributed by atoms with van der Waals surface area (Å²) in [5.74, 6) is -0.443. The molecule has 0 unspecified atom stereocenters. The van der Waals surface area contributed by atoms with Crippen LogP contribution in [0.4, 0.5) is 24.5 Å². The van der Waals surface area contributed by atoms with E-state index in [-0.39, 0.29) is 5.69 Å². The van der Waals surface area contributed by atoms with Crippen LogP contribution in [0.15, 0.2) is 48.7 Å². The van der Waals surface area contributed by atoms with Crippen molar-refractivity contribution < 1.29 is 18.0 Å². The van der Waals surface area contributed by atoms with Crippen LogP contribution in [0.25, 0.3) is 11.0 Å². The van der Waals surface area contributed by atoms with Crippen LogP contribution in [0.2, 0.25) is 0 Å². The van der Waals surface area contributed by atoms with E-state index in [9.17, 15) is 18.0 Å². The summed E-state index contributed by atoms with van der Waals surface area (Å²) in [6, 6.07) is 11.4. The molecule has 0 aliphatic carbocycles. The number of aryl methyl sites for hydroxylation is 1. The molecule has 41 heavy (non-hydrogen) atoms. The Kier molecular flexibility index (Phi) is 7.16. The molecule has 0 saturated carbocycles. The van der Waals surface area contributed by atoms with Gasteiger partial charge in [-0.05, 0) is 73.5 Å². The molecule has 6 rings (SSSR count). The Labute approximate surface area is 236 Å². The molecule has 2 N–H and O–H groups in total. The first-order valence-corrected chi connectivity index (χ1v) is 13.7. The zero-order valence-electron chi connectivity index (χ0n) is 23.1. The van der Waals surface area contributed by atoms with Crippen molar-refractivity contribution in [3.63, 3.8) is 0 Å².